The quantitative estimate of drug-likeness (QED) is 0.747. The fourth-order valence-corrected chi connectivity index (χ4v) is 2.32. The van der Waals surface area contributed by atoms with Gasteiger partial charge in [-0.3, -0.25) is 4.90 Å². The van der Waals surface area contributed by atoms with Gasteiger partial charge in [0.25, 0.3) is 0 Å². The molecule has 1 heterocycles. The molecule has 0 saturated carbocycles. The van der Waals surface area contributed by atoms with Gasteiger partial charge in [0.1, 0.15) is 0 Å². The molecule has 16 heavy (non-hydrogen) atoms. The summed E-state index contributed by atoms with van der Waals surface area (Å²) >= 11 is 0. The van der Waals surface area contributed by atoms with Crippen molar-refractivity contribution in [1.82, 2.24) is 4.90 Å². The van der Waals surface area contributed by atoms with E-state index in [4.69, 9.17) is 5.11 Å². The van der Waals surface area contributed by atoms with Crippen molar-refractivity contribution in [1.29, 1.82) is 0 Å². The van der Waals surface area contributed by atoms with Crippen LogP contribution in [0.3, 0.4) is 0 Å². The minimum atomic E-state index is -0.779. The van der Waals surface area contributed by atoms with Gasteiger partial charge in [0, 0.05) is 18.7 Å². The Balaban J connectivity index is 2.51. The second-order valence-corrected chi connectivity index (χ2v) is 5.39. The maximum Gasteiger partial charge on any atom is 0.331 e. The van der Waals surface area contributed by atoms with E-state index in [1.807, 2.05) is 13.0 Å². The number of carbonyl (C=O) groups is 1. The molecule has 1 aliphatic rings. The zero-order chi connectivity index (χ0) is 12.2. The first-order valence-corrected chi connectivity index (χ1v) is 6.09. The molecule has 0 atom stereocenters. The first-order valence-electron chi connectivity index (χ1n) is 6.09. The molecule has 0 unspecified atom stereocenters. The third-order valence-corrected chi connectivity index (χ3v) is 3.23. The lowest BCUT2D eigenvalue weighted by Gasteiger charge is -2.37. The van der Waals surface area contributed by atoms with Gasteiger partial charge in [-0.25, -0.2) is 4.79 Å². The van der Waals surface area contributed by atoms with E-state index in [0.717, 1.165) is 19.6 Å². The number of piperidine rings is 1. The SMILES string of the molecule is CCC(=CCN1CCCC(C)(C)C1)C(=O)O. The van der Waals surface area contributed by atoms with E-state index in [0.29, 0.717) is 17.4 Å². The van der Waals surface area contributed by atoms with Gasteiger partial charge in [0.2, 0.25) is 0 Å². The zero-order valence-corrected chi connectivity index (χ0v) is 10.6. The molecule has 1 saturated heterocycles. The van der Waals surface area contributed by atoms with Gasteiger partial charge >= 0.3 is 5.97 Å². The second-order valence-electron chi connectivity index (χ2n) is 5.39. The van der Waals surface area contributed by atoms with Crippen molar-refractivity contribution in [3.8, 4) is 0 Å². The molecule has 3 nitrogen and oxygen atoms in total. The predicted molar refractivity (Wildman–Crippen MR) is 65.5 cm³/mol. The molecule has 0 amide bonds. The standard InChI is InChI=1S/C13H23NO2/c1-4-11(12(15)16)6-9-14-8-5-7-13(2,3)10-14/h6H,4-5,7-10H2,1-3H3,(H,15,16). The molecule has 0 spiro atoms. The monoisotopic (exact) mass is 225 g/mol. The maximum absolute atomic E-state index is 10.8. The number of nitrogens with zero attached hydrogens (tertiary/aromatic N) is 1. The lowest BCUT2D eigenvalue weighted by molar-refractivity contribution is -0.132. The summed E-state index contributed by atoms with van der Waals surface area (Å²) < 4.78 is 0. The van der Waals surface area contributed by atoms with Crippen molar-refractivity contribution < 1.29 is 9.90 Å². The maximum atomic E-state index is 10.8. The van der Waals surface area contributed by atoms with Crippen LogP contribution in [0.1, 0.15) is 40.0 Å². The highest BCUT2D eigenvalue weighted by Gasteiger charge is 2.25. The van der Waals surface area contributed by atoms with Crippen LogP contribution in [-0.2, 0) is 4.79 Å². The van der Waals surface area contributed by atoms with Crippen LogP contribution >= 0.6 is 0 Å². The van der Waals surface area contributed by atoms with Crippen molar-refractivity contribution in [2.75, 3.05) is 19.6 Å². The predicted octanol–water partition coefficient (Wildman–Crippen LogP) is 2.53. The number of aliphatic carboxylic acids is 1. The smallest absolute Gasteiger partial charge is 0.331 e. The number of carboxylic acid groups (broad SMARTS) is 1. The number of likely N-dealkylation sites (tertiary alicyclic amines) is 1. The highest BCUT2D eigenvalue weighted by molar-refractivity contribution is 5.86. The largest absolute Gasteiger partial charge is 0.478 e. The van der Waals surface area contributed by atoms with Crippen molar-refractivity contribution >= 4 is 5.97 Å². The van der Waals surface area contributed by atoms with E-state index in [1.165, 1.54) is 12.8 Å². The first kappa shape index (κ1) is 13.2. The van der Waals surface area contributed by atoms with E-state index in [-0.39, 0.29) is 0 Å². The van der Waals surface area contributed by atoms with Crippen molar-refractivity contribution in [3.63, 3.8) is 0 Å². The number of rotatable bonds is 4. The molecular weight excluding hydrogens is 202 g/mol. The van der Waals surface area contributed by atoms with E-state index < -0.39 is 5.97 Å². The van der Waals surface area contributed by atoms with Gasteiger partial charge in [0.15, 0.2) is 0 Å². The summed E-state index contributed by atoms with van der Waals surface area (Å²) in [4.78, 5) is 13.2. The van der Waals surface area contributed by atoms with Crippen LogP contribution in [0.2, 0.25) is 0 Å². The minimum absolute atomic E-state index is 0.377. The Labute approximate surface area is 98.1 Å². The summed E-state index contributed by atoms with van der Waals surface area (Å²) in [7, 11) is 0. The van der Waals surface area contributed by atoms with Gasteiger partial charge in [0.05, 0.1) is 0 Å². The van der Waals surface area contributed by atoms with Crippen LogP contribution in [0, 0.1) is 5.41 Å². The summed E-state index contributed by atoms with van der Waals surface area (Å²) in [6, 6.07) is 0. The van der Waals surface area contributed by atoms with E-state index in [1.54, 1.807) is 0 Å². The molecule has 92 valence electrons. The van der Waals surface area contributed by atoms with E-state index in [2.05, 4.69) is 18.7 Å². The Bertz CT molecular complexity index is 282. The van der Waals surface area contributed by atoms with Crippen LogP contribution < -0.4 is 0 Å². The number of carboxylic acids is 1. The molecule has 0 aromatic rings. The summed E-state index contributed by atoms with van der Waals surface area (Å²) in [6.45, 7) is 9.39. The molecule has 1 aliphatic heterocycles. The van der Waals surface area contributed by atoms with Crippen LogP contribution in [0.5, 0.6) is 0 Å². The zero-order valence-electron chi connectivity index (χ0n) is 10.6. The van der Waals surface area contributed by atoms with E-state index >= 15 is 0 Å². The molecule has 0 radical (unpaired) electrons. The minimum Gasteiger partial charge on any atom is -0.478 e. The summed E-state index contributed by atoms with van der Waals surface area (Å²) in [5, 5.41) is 8.92. The number of hydrogen-bond acceptors (Lipinski definition) is 2. The summed E-state index contributed by atoms with van der Waals surface area (Å²) in [5.41, 5.74) is 0.908. The Morgan fingerprint density at radius 1 is 1.50 bits per heavy atom. The highest BCUT2D eigenvalue weighted by atomic mass is 16.4. The molecule has 0 aliphatic carbocycles. The van der Waals surface area contributed by atoms with E-state index in [9.17, 15) is 4.79 Å². The Hall–Kier alpha value is -0.830. The molecule has 0 aromatic heterocycles. The van der Waals surface area contributed by atoms with Gasteiger partial charge in [-0.15, -0.1) is 0 Å². The van der Waals surface area contributed by atoms with Crippen molar-refractivity contribution in [3.05, 3.63) is 11.6 Å². The normalized spacial score (nSPS) is 22.1. The topological polar surface area (TPSA) is 40.5 Å². The third kappa shape index (κ3) is 3.97. The van der Waals surface area contributed by atoms with Gasteiger partial charge in [-0.2, -0.15) is 0 Å². The Morgan fingerprint density at radius 3 is 2.69 bits per heavy atom. The van der Waals surface area contributed by atoms with Crippen LogP contribution in [0.4, 0.5) is 0 Å². The first-order chi connectivity index (χ1) is 7.44. The van der Waals surface area contributed by atoms with Crippen molar-refractivity contribution in [2.45, 2.75) is 40.0 Å². The molecule has 1 N–H and O–H groups in total. The lowest BCUT2D eigenvalue weighted by Crippen LogP contribution is -2.40. The molecule has 1 fully saturated rings. The fraction of sp³-hybridized carbons (Fsp3) is 0.769. The third-order valence-electron chi connectivity index (χ3n) is 3.23. The number of hydrogen-bond donors (Lipinski definition) is 1. The molecular formula is C13H23NO2. The summed E-state index contributed by atoms with van der Waals surface area (Å²) in [6.07, 6.45) is 4.96. The molecule has 3 heteroatoms. The fourth-order valence-electron chi connectivity index (χ4n) is 2.32. The summed E-state index contributed by atoms with van der Waals surface area (Å²) in [5.74, 6) is -0.779. The van der Waals surface area contributed by atoms with Gasteiger partial charge < -0.3 is 5.11 Å². The molecule has 0 bridgehead atoms. The second kappa shape index (κ2) is 5.48. The average molecular weight is 225 g/mol. The lowest BCUT2D eigenvalue weighted by atomic mass is 9.84. The van der Waals surface area contributed by atoms with Gasteiger partial charge in [-0.1, -0.05) is 26.8 Å². The molecule has 1 rings (SSSR count). The van der Waals surface area contributed by atoms with Crippen LogP contribution in [0.15, 0.2) is 11.6 Å². The highest BCUT2D eigenvalue weighted by Crippen LogP contribution is 2.28. The Morgan fingerprint density at radius 2 is 2.19 bits per heavy atom. The van der Waals surface area contributed by atoms with Crippen LogP contribution in [-0.4, -0.2) is 35.6 Å². The van der Waals surface area contributed by atoms with Crippen LogP contribution in [0.25, 0.3) is 0 Å². The van der Waals surface area contributed by atoms with Crippen molar-refractivity contribution in [2.24, 2.45) is 5.41 Å². The van der Waals surface area contributed by atoms with Gasteiger partial charge in [-0.05, 0) is 31.2 Å². The molecule has 0 aromatic carbocycles. The average Bonchev–Trinajstić information content (AvgIpc) is 2.16. The Kier molecular flexibility index (Phi) is 4.54.